The molecule has 0 aliphatic rings. The Labute approximate surface area is 109 Å². The summed E-state index contributed by atoms with van der Waals surface area (Å²) in [6, 6.07) is 9.02. The van der Waals surface area contributed by atoms with E-state index in [9.17, 15) is 13.5 Å². The fraction of sp³-hybridized carbons (Fsp3) is 0.538. The highest BCUT2D eigenvalue weighted by molar-refractivity contribution is 7.89. The highest BCUT2D eigenvalue weighted by atomic mass is 32.2. The standard InChI is InChI=1S/C13H21NO3S/c1-3-11(2)10-18(16,17)14-9-13(15)12-7-5-4-6-8-12/h4-8,11,13-15H,3,9-10H2,1-2H3/t11-,13+/m1/s1. The lowest BCUT2D eigenvalue weighted by Crippen LogP contribution is -2.32. The summed E-state index contributed by atoms with van der Waals surface area (Å²) in [5, 5.41) is 9.85. The van der Waals surface area contributed by atoms with Crippen LogP contribution < -0.4 is 4.72 Å². The van der Waals surface area contributed by atoms with E-state index in [4.69, 9.17) is 0 Å². The first kappa shape index (κ1) is 15.1. The van der Waals surface area contributed by atoms with Crippen molar-refractivity contribution < 1.29 is 13.5 Å². The molecule has 0 saturated heterocycles. The van der Waals surface area contributed by atoms with E-state index in [2.05, 4.69) is 4.72 Å². The van der Waals surface area contributed by atoms with Crippen molar-refractivity contribution in [1.29, 1.82) is 0 Å². The molecule has 0 heterocycles. The number of sulfonamides is 1. The number of aliphatic hydroxyl groups is 1. The molecule has 1 aromatic rings. The Kier molecular flexibility index (Phi) is 5.78. The van der Waals surface area contributed by atoms with Crippen molar-refractivity contribution in [3.63, 3.8) is 0 Å². The summed E-state index contributed by atoms with van der Waals surface area (Å²) in [5.41, 5.74) is 0.712. The predicted octanol–water partition coefficient (Wildman–Crippen LogP) is 1.69. The second-order valence-corrected chi connectivity index (χ2v) is 6.42. The molecule has 0 saturated carbocycles. The van der Waals surface area contributed by atoms with Crippen LogP contribution in [0.4, 0.5) is 0 Å². The van der Waals surface area contributed by atoms with Gasteiger partial charge in [0.25, 0.3) is 0 Å². The van der Waals surface area contributed by atoms with Crippen LogP contribution in [-0.4, -0.2) is 25.8 Å². The van der Waals surface area contributed by atoms with Crippen molar-refractivity contribution >= 4 is 10.0 Å². The van der Waals surface area contributed by atoms with Gasteiger partial charge in [0.15, 0.2) is 0 Å². The number of benzene rings is 1. The molecule has 0 fully saturated rings. The van der Waals surface area contributed by atoms with Crippen molar-refractivity contribution in [2.45, 2.75) is 26.4 Å². The van der Waals surface area contributed by atoms with Gasteiger partial charge in [-0.15, -0.1) is 0 Å². The summed E-state index contributed by atoms with van der Waals surface area (Å²) < 4.78 is 25.9. The third-order valence-electron chi connectivity index (χ3n) is 2.88. The molecule has 0 radical (unpaired) electrons. The maximum Gasteiger partial charge on any atom is 0.211 e. The highest BCUT2D eigenvalue weighted by Crippen LogP contribution is 2.11. The van der Waals surface area contributed by atoms with E-state index in [1.807, 2.05) is 32.0 Å². The molecule has 0 spiro atoms. The van der Waals surface area contributed by atoms with Crippen LogP contribution in [-0.2, 0) is 10.0 Å². The Morgan fingerprint density at radius 3 is 2.44 bits per heavy atom. The van der Waals surface area contributed by atoms with Crippen LogP contribution in [0.1, 0.15) is 31.9 Å². The molecule has 102 valence electrons. The summed E-state index contributed by atoms with van der Waals surface area (Å²) >= 11 is 0. The zero-order chi connectivity index (χ0) is 13.6. The van der Waals surface area contributed by atoms with Crippen LogP contribution in [0.25, 0.3) is 0 Å². The van der Waals surface area contributed by atoms with Gasteiger partial charge in [0.05, 0.1) is 11.9 Å². The third kappa shape index (κ3) is 5.16. The molecule has 4 nitrogen and oxygen atoms in total. The SMILES string of the molecule is CC[C@@H](C)CS(=O)(=O)NC[C@H](O)c1ccccc1. The van der Waals surface area contributed by atoms with Crippen LogP contribution in [0.5, 0.6) is 0 Å². The molecule has 0 aliphatic heterocycles. The lowest BCUT2D eigenvalue weighted by Gasteiger charge is -2.14. The lowest BCUT2D eigenvalue weighted by molar-refractivity contribution is 0.182. The molecule has 0 bridgehead atoms. The van der Waals surface area contributed by atoms with Gasteiger partial charge in [-0.3, -0.25) is 0 Å². The van der Waals surface area contributed by atoms with Gasteiger partial charge in [-0.25, -0.2) is 13.1 Å². The smallest absolute Gasteiger partial charge is 0.211 e. The van der Waals surface area contributed by atoms with Crippen molar-refractivity contribution in [3.8, 4) is 0 Å². The molecule has 1 aromatic carbocycles. The zero-order valence-electron chi connectivity index (χ0n) is 10.8. The minimum Gasteiger partial charge on any atom is -0.387 e. The van der Waals surface area contributed by atoms with Crippen molar-refractivity contribution in [3.05, 3.63) is 35.9 Å². The van der Waals surface area contributed by atoms with Crippen molar-refractivity contribution in [2.24, 2.45) is 5.92 Å². The van der Waals surface area contributed by atoms with E-state index < -0.39 is 16.1 Å². The number of rotatable bonds is 7. The summed E-state index contributed by atoms with van der Waals surface area (Å²) in [7, 11) is -3.31. The number of hydrogen-bond donors (Lipinski definition) is 2. The summed E-state index contributed by atoms with van der Waals surface area (Å²) in [6.07, 6.45) is 0.0141. The Balaban J connectivity index is 2.50. The van der Waals surface area contributed by atoms with E-state index >= 15 is 0 Å². The molecule has 0 amide bonds. The zero-order valence-corrected chi connectivity index (χ0v) is 11.7. The maximum atomic E-state index is 11.7. The van der Waals surface area contributed by atoms with Crippen molar-refractivity contribution in [2.75, 3.05) is 12.3 Å². The van der Waals surface area contributed by atoms with Gasteiger partial charge in [-0.1, -0.05) is 50.6 Å². The van der Waals surface area contributed by atoms with Gasteiger partial charge >= 0.3 is 0 Å². The van der Waals surface area contributed by atoms with E-state index in [1.165, 1.54) is 0 Å². The minimum atomic E-state index is -3.31. The van der Waals surface area contributed by atoms with Crippen LogP contribution >= 0.6 is 0 Å². The fourth-order valence-corrected chi connectivity index (χ4v) is 3.06. The molecule has 18 heavy (non-hydrogen) atoms. The second-order valence-electron chi connectivity index (χ2n) is 4.57. The van der Waals surface area contributed by atoms with Gasteiger partial charge in [-0.05, 0) is 11.5 Å². The van der Waals surface area contributed by atoms with E-state index in [0.717, 1.165) is 6.42 Å². The van der Waals surface area contributed by atoms with Crippen LogP contribution in [0.3, 0.4) is 0 Å². The Bertz CT molecular complexity index is 445. The molecule has 0 aromatic heterocycles. The first-order valence-electron chi connectivity index (χ1n) is 6.15. The van der Waals surface area contributed by atoms with Gasteiger partial charge in [0.1, 0.15) is 0 Å². The minimum absolute atomic E-state index is 0.0166. The quantitative estimate of drug-likeness (QED) is 0.793. The van der Waals surface area contributed by atoms with Gasteiger partial charge in [0.2, 0.25) is 10.0 Å². The van der Waals surface area contributed by atoms with Gasteiger partial charge in [-0.2, -0.15) is 0 Å². The Hall–Kier alpha value is -0.910. The predicted molar refractivity (Wildman–Crippen MR) is 72.6 cm³/mol. The number of hydrogen-bond acceptors (Lipinski definition) is 3. The van der Waals surface area contributed by atoms with Crippen LogP contribution in [0, 0.1) is 5.92 Å². The third-order valence-corrected chi connectivity index (χ3v) is 4.50. The average molecular weight is 271 g/mol. The van der Waals surface area contributed by atoms with Gasteiger partial charge in [0, 0.05) is 6.54 Å². The van der Waals surface area contributed by atoms with E-state index in [1.54, 1.807) is 12.1 Å². The molecular formula is C13H21NO3S. The molecule has 2 atom stereocenters. The van der Waals surface area contributed by atoms with E-state index in [-0.39, 0.29) is 18.2 Å². The van der Waals surface area contributed by atoms with Crippen LogP contribution in [0.2, 0.25) is 0 Å². The summed E-state index contributed by atoms with van der Waals surface area (Å²) in [5.74, 6) is 0.224. The largest absolute Gasteiger partial charge is 0.387 e. The van der Waals surface area contributed by atoms with Crippen LogP contribution in [0.15, 0.2) is 30.3 Å². The molecular weight excluding hydrogens is 250 g/mol. The Morgan fingerprint density at radius 2 is 1.89 bits per heavy atom. The molecule has 0 unspecified atom stereocenters. The normalized spacial score (nSPS) is 15.3. The Morgan fingerprint density at radius 1 is 1.28 bits per heavy atom. The monoisotopic (exact) mass is 271 g/mol. The molecule has 2 N–H and O–H groups in total. The first-order chi connectivity index (χ1) is 8.44. The van der Waals surface area contributed by atoms with Gasteiger partial charge < -0.3 is 5.11 Å². The van der Waals surface area contributed by atoms with Crippen molar-refractivity contribution in [1.82, 2.24) is 4.72 Å². The fourth-order valence-electron chi connectivity index (χ4n) is 1.55. The molecule has 0 aliphatic carbocycles. The number of aliphatic hydroxyl groups excluding tert-OH is 1. The summed E-state index contributed by atoms with van der Waals surface area (Å²) in [4.78, 5) is 0. The van der Waals surface area contributed by atoms with E-state index in [0.29, 0.717) is 5.56 Å². The molecule has 1 rings (SSSR count). The summed E-state index contributed by atoms with van der Waals surface area (Å²) in [6.45, 7) is 3.87. The molecule has 5 heteroatoms. The topological polar surface area (TPSA) is 66.4 Å². The maximum absolute atomic E-state index is 11.7. The highest BCUT2D eigenvalue weighted by Gasteiger charge is 2.16. The first-order valence-corrected chi connectivity index (χ1v) is 7.80. The number of nitrogens with one attached hydrogen (secondary N) is 1. The average Bonchev–Trinajstić information content (AvgIpc) is 2.36. The lowest BCUT2D eigenvalue weighted by atomic mass is 10.1. The second kappa shape index (κ2) is 6.87.